The van der Waals surface area contributed by atoms with Crippen LogP contribution in [0.2, 0.25) is 0 Å². The van der Waals surface area contributed by atoms with Gasteiger partial charge in [-0.15, -0.1) is 0 Å². The van der Waals surface area contributed by atoms with Gasteiger partial charge in [-0.1, -0.05) is 31.2 Å². The Bertz CT molecular complexity index is 346. The van der Waals surface area contributed by atoms with Crippen LogP contribution in [0.4, 0.5) is 0 Å². The van der Waals surface area contributed by atoms with Crippen molar-refractivity contribution in [3.8, 4) is 0 Å². The summed E-state index contributed by atoms with van der Waals surface area (Å²) in [6, 6.07) is 6.86. The topological polar surface area (TPSA) is 60.8 Å². The van der Waals surface area contributed by atoms with Gasteiger partial charge in [0.1, 0.15) is 0 Å². The van der Waals surface area contributed by atoms with Gasteiger partial charge in [-0.3, -0.25) is 4.79 Å². The zero-order valence-electron chi connectivity index (χ0n) is 9.55. The molecular formula is C12H17NO3. The first-order chi connectivity index (χ1) is 7.54. The molecule has 0 heterocycles. The van der Waals surface area contributed by atoms with Crippen LogP contribution in [0, 0.1) is 0 Å². The maximum Gasteiger partial charge on any atom is 0.222 e. The van der Waals surface area contributed by atoms with Gasteiger partial charge in [-0.2, -0.15) is 0 Å². The lowest BCUT2D eigenvalue weighted by molar-refractivity contribution is -0.130. The molecule has 4 nitrogen and oxygen atoms in total. The van der Waals surface area contributed by atoms with E-state index >= 15 is 0 Å². The van der Waals surface area contributed by atoms with E-state index in [0.717, 1.165) is 5.56 Å². The number of hydrogen-bond acceptors (Lipinski definition) is 3. The molecule has 88 valence electrons. The third-order valence-corrected chi connectivity index (χ3v) is 2.43. The Hall–Kier alpha value is -1.39. The lowest BCUT2D eigenvalue weighted by Gasteiger charge is -2.16. The first-order valence-electron chi connectivity index (χ1n) is 5.23. The van der Waals surface area contributed by atoms with Gasteiger partial charge in [-0.05, 0) is 5.56 Å². The van der Waals surface area contributed by atoms with Gasteiger partial charge in [0.15, 0.2) is 6.29 Å². The van der Waals surface area contributed by atoms with Crippen molar-refractivity contribution >= 4 is 5.91 Å². The molecular weight excluding hydrogens is 206 g/mol. The van der Waals surface area contributed by atoms with E-state index < -0.39 is 6.29 Å². The van der Waals surface area contributed by atoms with E-state index in [9.17, 15) is 4.79 Å². The molecule has 0 aromatic heterocycles. The van der Waals surface area contributed by atoms with Crippen molar-refractivity contribution in [2.24, 2.45) is 0 Å². The average Bonchev–Trinajstić information content (AvgIpc) is 2.28. The Morgan fingerprint density at radius 3 is 2.31 bits per heavy atom. The minimum atomic E-state index is -1.44. The fourth-order valence-electron chi connectivity index (χ4n) is 1.43. The van der Waals surface area contributed by atoms with Crippen LogP contribution < -0.4 is 0 Å². The van der Waals surface area contributed by atoms with Gasteiger partial charge in [0, 0.05) is 25.6 Å². The normalized spacial score (nSPS) is 10.6. The minimum absolute atomic E-state index is 0.0891. The highest BCUT2D eigenvalue weighted by Gasteiger charge is 2.07. The molecule has 0 radical (unpaired) electrons. The highest BCUT2D eigenvalue weighted by molar-refractivity contribution is 5.75. The maximum absolute atomic E-state index is 11.3. The van der Waals surface area contributed by atoms with Gasteiger partial charge < -0.3 is 15.1 Å². The molecule has 1 rings (SSSR count). The van der Waals surface area contributed by atoms with Crippen LogP contribution in [-0.4, -0.2) is 28.1 Å². The highest BCUT2D eigenvalue weighted by atomic mass is 16.5. The van der Waals surface area contributed by atoms with Crippen molar-refractivity contribution < 1.29 is 15.0 Å². The Kier molecular flexibility index (Phi) is 4.46. The first-order valence-corrected chi connectivity index (χ1v) is 5.23. The number of aliphatic hydroxyl groups is 2. The monoisotopic (exact) mass is 223 g/mol. The molecule has 0 aliphatic carbocycles. The molecule has 0 saturated heterocycles. The zero-order valence-corrected chi connectivity index (χ0v) is 9.55. The summed E-state index contributed by atoms with van der Waals surface area (Å²) in [5, 5.41) is 17.8. The van der Waals surface area contributed by atoms with Crippen molar-refractivity contribution in [1.82, 2.24) is 4.90 Å². The number of amides is 1. The van der Waals surface area contributed by atoms with E-state index in [1.165, 1.54) is 0 Å². The largest absolute Gasteiger partial charge is 0.364 e. The van der Waals surface area contributed by atoms with Crippen molar-refractivity contribution in [3.05, 3.63) is 35.4 Å². The number of rotatable bonds is 4. The van der Waals surface area contributed by atoms with E-state index in [0.29, 0.717) is 18.5 Å². The molecule has 1 aromatic rings. The average molecular weight is 223 g/mol. The molecule has 0 unspecified atom stereocenters. The summed E-state index contributed by atoms with van der Waals surface area (Å²) in [4.78, 5) is 13.0. The summed E-state index contributed by atoms with van der Waals surface area (Å²) < 4.78 is 0. The second-order valence-corrected chi connectivity index (χ2v) is 3.72. The van der Waals surface area contributed by atoms with Gasteiger partial charge in [0.25, 0.3) is 0 Å². The summed E-state index contributed by atoms with van der Waals surface area (Å²) >= 11 is 0. The van der Waals surface area contributed by atoms with Crippen molar-refractivity contribution in [1.29, 1.82) is 0 Å². The SMILES string of the molecule is CCC(=O)N(C)Cc1ccc(C(O)O)cc1. The van der Waals surface area contributed by atoms with Crippen LogP contribution in [0.15, 0.2) is 24.3 Å². The second kappa shape index (κ2) is 5.63. The number of carbonyl (C=O) groups is 1. The molecule has 2 N–H and O–H groups in total. The third-order valence-electron chi connectivity index (χ3n) is 2.43. The summed E-state index contributed by atoms with van der Waals surface area (Å²) in [6.07, 6.45) is -0.951. The smallest absolute Gasteiger partial charge is 0.222 e. The zero-order chi connectivity index (χ0) is 12.1. The molecule has 0 fully saturated rings. The molecule has 1 aromatic carbocycles. The van der Waals surface area contributed by atoms with Crippen LogP contribution in [0.3, 0.4) is 0 Å². The number of benzene rings is 1. The maximum atomic E-state index is 11.3. The molecule has 16 heavy (non-hydrogen) atoms. The molecule has 0 spiro atoms. The van der Waals surface area contributed by atoms with E-state index in [1.807, 2.05) is 6.92 Å². The van der Waals surface area contributed by atoms with E-state index in [4.69, 9.17) is 10.2 Å². The first kappa shape index (κ1) is 12.7. The molecule has 0 aliphatic heterocycles. The van der Waals surface area contributed by atoms with Gasteiger partial charge >= 0.3 is 0 Å². The van der Waals surface area contributed by atoms with Gasteiger partial charge in [0.05, 0.1) is 0 Å². The number of hydrogen-bond donors (Lipinski definition) is 2. The third kappa shape index (κ3) is 3.32. The van der Waals surface area contributed by atoms with E-state index in [2.05, 4.69) is 0 Å². The predicted molar refractivity (Wildman–Crippen MR) is 60.4 cm³/mol. The lowest BCUT2D eigenvalue weighted by Crippen LogP contribution is -2.25. The van der Waals surface area contributed by atoms with Crippen LogP contribution in [0.25, 0.3) is 0 Å². The number of nitrogens with zero attached hydrogens (tertiary/aromatic N) is 1. The van der Waals surface area contributed by atoms with Crippen LogP contribution in [0.5, 0.6) is 0 Å². The quantitative estimate of drug-likeness (QED) is 0.750. The molecule has 0 atom stereocenters. The second-order valence-electron chi connectivity index (χ2n) is 3.72. The molecule has 4 heteroatoms. The Morgan fingerprint density at radius 1 is 1.31 bits per heavy atom. The highest BCUT2D eigenvalue weighted by Crippen LogP contribution is 2.12. The van der Waals surface area contributed by atoms with Crippen molar-refractivity contribution in [3.63, 3.8) is 0 Å². The fourth-order valence-corrected chi connectivity index (χ4v) is 1.43. The van der Waals surface area contributed by atoms with Crippen molar-refractivity contribution in [2.45, 2.75) is 26.2 Å². The molecule has 0 saturated carbocycles. The van der Waals surface area contributed by atoms with Crippen LogP contribution in [-0.2, 0) is 11.3 Å². The standard InChI is InChI=1S/C12H17NO3/c1-3-11(14)13(2)8-9-4-6-10(7-5-9)12(15)16/h4-7,12,15-16H,3,8H2,1-2H3. The summed E-state index contributed by atoms with van der Waals surface area (Å²) in [7, 11) is 1.75. The molecule has 0 aliphatic rings. The van der Waals surface area contributed by atoms with E-state index in [1.54, 1.807) is 36.2 Å². The molecule has 0 bridgehead atoms. The fraction of sp³-hybridized carbons (Fsp3) is 0.417. The molecule has 1 amide bonds. The number of aliphatic hydroxyl groups excluding tert-OH is 1. The Morgan fingerprint density at radius 2 is 1.88 bits per heavy atom. The van der Waals surface area contributed by atoms with Gasteiger partial charge in [-0.25, -0.2) is 0 Å². The van der Waals surface area contributed by atoms with Gasteiger partial charge in [0.2, 0.25) is 5.91 Å². The van der Waals surface area contributed by atoms with Crippen molar-refractivity contribution in [2.75, 3.05) is 7.05 Å². The van der Waals surface area contributed by atoms with Crippen LogP contribution in [0.1, 0.15) is 30.8 Å². The minimum Gasteiger partial charge on any atom is -0.364 e. The number of carbonyl (C=O) groups excluding carboxylic acids is 1. The Labute approximate surface area is 95.1 Å². The Balaban J connectivity index is 2.65. The van der Waals surface area contributed by atoms with E-state index in [-0.39, 0.29) is 5.91 Å². The predicted octanol–water partition coefficient (Wildman–Crippen LogP) is 1.04. The summed E-state index contributed by atoms with van der Waals surface area (Å²) in [6.45, 7) is 2.36. The lowest BCUT2D eigenvalue weighted by atomic mass is 10.1. The summed E-state index contributed by atoms with van der Waals surface area (Å²) in [5.74, 6) is 0.0891. The summed E-state index contributed by atoms with van der Waals surface area (Å²) in [5.41, 5.74) is 1.42. The van der Waals surface area contributed by atoms with Crippen LogP contribution >= 0.6 is 0 Å².